The molecular weight excluding hydrogens is 941 g/mol. The van der Waals surface area contributed by atoms with E-state index in [-0.39, 0.29) is 57.7 Å². The van der Waals surface area contributed by atoms with Gasteiger partial charge in [-0.3, -0.25) is 48.1 Å². The van der Waals surface area contributed by atoms with Gasteiger partial charge in [-0.05, 0) is 68.9 Å². The zero-order valence-corrected chi connectivity index (χ0v) is 41.5. The molecule has 19 N–H and O–H groups in total. The highest BCUT2D eigenvalue weighted by Crippen LogP contribution is 2.20. The van der Waals surface area contributed by atoms with Gasteiger partial charge in [0.1, 0.15) is 42.3 Å². The lowest BCUT2D eigenvalue weighted by molar-refractivity contribution is -0.143. The monoisotopic (exact) mass is 1020 g/mol. The summed E-state index contributed by atoms with van der Waals surface area (Å²) in [5.41, 5.74) is 28.5. The molecule has 9 atom stereocenters. The first-order chi connectivity index (χ1) is 34.0. The number of rotatable bonds is 32. The molecule has 0 unspecified atom stereocenters. The Morgan fingerprint density at radius 2 is 1.35 bits per heavy atom. The number of likely N-dealkylation sites (tertiary alicyclic amines) is 1. The van der Waals surface area contributed by atoms with Crippen LogP contribution in [0.3, 0.4) is 0 Å². The summed E-state index contributed by atoms with van der Waals surface area (Å²) in [5.74, 6) is -9.69. The maximum Gasteiger partial charge on any atom is 0.326 e. The van der Waals surface area contributed by atoms with E-state index in [1.165, 1.54) is 4.90 Å². The maximum absolute atomic E-state index is 14.5. The van der Waals surface area contributed by atoms with Gasteiger partial charge in [0, 0.05) is 19.5 Å². The third-order valence-electron chi connectivity index (χ3n) is 11.9. The zero-order valence-electron chi connectivity index (χ0n) is 41.5. The van der Waals surface area contributed by atoms with Gasteiger partial charge in [0.2, 0.25) is 53.2 Å². The second-order valence-electron chi connectivity index (χ2n) is 18.0. The summed E-state index contributed by atoms with van der Waals surface area (Å²) in [6.45, 7) is 5.47. The van der Waals surface area contributed by atoms with Crippen LogP contribution in [-0.2, 0) is 54.4 Å². The van der Waals surface area contributed by atoms with Crippen LogP contribution < -0.4 is 65.9 Å². The van der Waals surface area contributed by atoms with Crippen LogP contribution in [0.25, 0.3) is 0 Å². The van der Waals surface area contributed by atoms with Crippen molar-refractivity contribution in [2.45, 2.75) is 140 Å². The number of aliphatic hydroxyl groups is 1. The first-order valence-electron chi connectivity index (χ1n) is 24.1. The van der Waals surface area contributed by atoms with Gasteiger partial charge in [-0.25, -0.2) is 4.79 Å². The van der Waals surface area contributed by atoms with E-state index in [0.29, 0.717) is 31.2 Å². The number of carbonyl (C=O) groups is 10. The predicted molar refractivity (Wildman–Crippen MR) is 263 cm³/mol. The molecule has 26 nitrogen and oxygen atoms in total. The highest BCUT2D eigenvalue weighted by atomic mass is 16.4. The van der Waals surface area contributed by atoms with Crippen molar-refractivity contribution < 1.29 is 58.2 Å². The third-order valence-corrected chi connectivity index (χ3v) is 11.9. The standard InChI is InChI=1S/C46H76N14O12/c1-5-26(4)37(59-38(64)28(48)22-34(49)62)43(69)55-29(15-9-10-18-47)39(65)57-31(21-27-13-7-6-8-14-27)40(66)56-30(16-11-19-52-46(50)51)44(70)60-20-12-17-33(60)42(68)53-23-35(63)54-32(24-61)41(67)58-36(25(2)3)45(71)72/h6-8,13-14,25-26,28-33,36-37,61H,5,9-12,15-24,47-48H2,1-4H3,(H2,49,62)(H,53,68)(H,54,63)(H,55,69)(H,56,66)(H,57,65)(H,58,67)(H,59,64)(H,71,72)(H4,50,51,52)/t26-,28-,29-,30-,31-,32-,33-,36-,37-/m0/s1. The number of unbranched alkanes of at least 4 members (excludes halogenated alkanes) is 1. The summed E-state index contributed by atoms with van der Waals surface area (Å²) >= 11 is 0. The number of carbonyl (C=O) groups excluding carboxylic acids is 9. The molecule has 1 saturated heterocycles. The van der Waals surface area contributed by atoms with Gasteiger partial charge in [0.25, 0.3) is 0 Å². The molecule has 0 spiro atoms. The van der Waals surface area contributed by atoms with E-state index in [1.807, 2.05) is 0 Å². The van der Waals surface area contributed by atoms with Gasteiger partial charge in [-0.15, -0.1) is 0 Å². The smallest absolute Gasteiger partial charge is 0.326 e. The lowest BCUT2D eigenvalue weighted by Gasteiger charge is -2.30. The number of nitrogens with two attached hydrogens (primary N) is 5. The number of hydrogen-bond donors (Lipinski definition) is 14. The summed E-state index contributed by atoms with van der Waals surface area (Å²) in [6, 6.07) is -1.71. The predicted octanol–water partition coefficient (Wildman–Crippen LogP) is -4.59. The number of nitrogens with one attached hydrogen (secondary N) is 7. The molecule has 1 aromatic rings. The van der Waals surface area contributed by atoms with Gasteiger partial charge in [-0.2, -0.15) is 0 Å². The molecular formula is C46H76N14O12. The SMILES string of the molecule is CC[C@H](C)[C@H](NC(=O)[C@@H](N)CC(N)=O)C(=O)N[C@@H](CCCCN)C(=O)N[C@@H](Cc1ccccc1)C(=O)N[C@@H](CCCN=C(N)N)C(=O)N1CCC[C@H]1C(=O)NCC(=O)N[C@@H](CO)C(=O)N[C@H](C(=O)O)C(C)C. The lowest BCUT2D eigenvalue weighted by Crippen LogP contribution is -2.60. The number of aliphatic hydroxyl groups excluding tert-OH is 1. The van der Waals surface area contributed by atoms with Crippen LogP contribution in [0.15, 0.2) is 35.3 Å². The fourth-order valence-corrected chi connectivity index (χ4v) is 7.65. The molecule has 0 radical (unpaired) electrons. The van der Waals surface area contributed by atoms with E-state index in [4.69, 9.17) is 28.7 Å². The number of benzene rings is 1. The quantitative estimate of drug-likeness (QED) is 0.0183. The topological polar surface area (TPSA) is 441 Å². The fourth-order valence-electron chi connectivity index (χ4n) is 7.65. The van der Waals surface area contributed by atoms with E-state index < -0.39 is 139 Å². The average Bonchev–Trinajstić information content (AvgIpc) is 3.83. The van der Waals surface area contributed by atoms with E-state index in [0.717, 1.165) is 0 Å². The van der Waals surface area contributed by atoms with E-state index in [1.54, 1.807) is 58.0 Å². The molecule has 0 saturated carbocycles. The molecule has 1 aromatic carbocycles. The molecule has 1 aliphatic heterocycles. The summed E-state index contributed by atoms with van der Waals surface area (Å²) in [4.78, 5) is 137. The highest BCUT2D eigenvalue weighted by molar-refractivity contribution is 5.98. The average molecular weight is 1020 g/mol. The van der Waals surface area contributed by atoms with Crippen LogP contribution in [-0.4, -0.2) is 161 Å². The Bertz CT molecular complexity index is 2040. The van der Waals surface area contributed by atoms with Gasteiger partial charge in [-0.1, -0.05) is 64.4 Å². The molecule has 0 bridgehead atoms. The van der Waals surface area contributed by atoms with Gasteiger partial charge in [0.05, 0.1) is 25.6 Å². The Morgan fingerprint density at radius 1 is 0.750 bits per heavy atom. The lowest BCUT2D eigenvalue weighted by atomic mass is 9.96. The Morgan fingerprint density at radius 3 is 1.93 bits per heavy atom. The van der Waals surface area contributed by atoms with E-state index in [2.05, 4.69) is 42.2 Å². The normalized spacial score (nSPS) is 16.5. The minimum Gasteiger partial charge on any atom is -0.480 e. The van der Waals surface area contributed by atoms with Gasteiger partial charge in [0.15, 0.2) is 5.96 Å². The first-order valence-corrected chi connectivity index (χ1v) is 24.1. The summed E-state index contributed by atoms with van der Waals surface area (Å²) in [5, 5.41) is 36.9. The molecule has 1 fully saturated rings. The molecule has 1 heterocycles. The van der Waals surface area contributed by atoms with Gasteiger partial charge >= 0.3 is 5.97 Å². The second kappa shape index (κ2) is 31.4. The van der Waals surface area contributed by atoms with Crippen molar-refractivity contribution in [3.05, 3.63) is 35.9 Å². The first kappa shape index (κ1) is 61.2. The van der Waals surface area contributed by atoms with Crippen molar-refractivity contribution in [1.29, 1.82) is 0 Å². The molecule has 9 amide bonds. The number of aliphatic imine (C=N–C) groups is 1. The van der Waals surface area contributed by atoms with Crippen molar-refractivity contribution in [2.24, 2.45) is 45.5 Å². The molecule has 2 rings (SSSR count). The number of guanidine groups is 1. The number of carboxylic acids is 1. The summed E-state index contributed by atoms with van der Waals surface area (Å²) in [7, 11) is 0. The Balaban J connectivity index is 2.40. The maximum atomic E-state index is 14.5. The van der Waals surface area contributed by atoms with Crippen molar-refractivity contribution in [3.63, 3.8) is 0 Å². The van der Waals surface area contributed by atoms with Crippen molar-refractivity contribution in [2.75, 3.05) is 32.8 Å². The van der Waals surface area contributed by atoms with Crippen LogP contribution in [0.4, 0.5) is 0 Å². The second-order valence-corrected chi connectivity index (χ2v) is 18.0. The van der Waals surface area contributed by atoms with Crippen molar-refractivity contribution >= 4 is 65.1 Å². The van der Waals surface area contributed by atoms with E-state index >= 15 is 0 Å². The minimum atomic E-state index is -1.54. The largest absolute Gasteiger partial charge is 0.480 e. The third kappa shape index (κ3) is 20.8. The Kier molecular flexibility index (Phi) is 26.7. The number of aliphatic carboxylic acids is 1. The number of nitrogens with zero attached hydrogens (tertiary/aromatic N) is 2. The fraction of sp³-hybridized carbons (Fsp3) is 0.630. The molecule has 0 aromatic heterocycles. The Hall–Kier alpha value is -6.93. The summed E-state index contributed by atoms with van der Waals surface area (Å²) < 4.78 is 0. The molecule has 1 aliphatic rings. The van der Waals surface area contributed by atoms with E-state index in [9.17, 15) is 58.2 Å². The zero-order chi connectivity index (χ0) is 54.1. The number of amides is 9. The Labute approximate surface area is 418 Å². The van der Waals surface area contributed by atoms with Gasteiger partial charge < -0.3 is 81.0 Å². The molecule has 0 aliphatic carbocycles. The number of hydrogen-bond acceptors (Lipinski definition) is 14. The number of primary amides is 1. The molecule has 72 heavy (non-hydrogen) atoms. The molecule has 26 heteroatoms. The van der Waals surface area contributed by atoms with Crippen molar-refractivity contribution in [3.8, 4) is 0 Å². The summed E-state index contributed by atoms with van der Waals surface area (Å²) in [6.07, 6.45) is 1.49. The van der Waals surface area contributed by atoms with Crippen LogP contribution in [0.2, 0.25) is 0 Å². The van der Waals surface area contributed by atoms with Crippen molar-refractivity contribution in [1.82, 2.24) is 42.1 Å². The highest BCUT2D eigenvalue weighted by Gasteiger charge is 2.39. The van der Waals surface area contributed by atoms with Crippen LogP contribution in [0.1, 0.15) is 91.0 Å². The minimum absolute atomic E-state index is 0.0334. The number of carboxylic acid groups (broad SMARTS) is 1. The van der Waals surface area contributed by atoms with Crippen LogP contribution >= 0.6 is 0 Å². The van der Waals surface area contributed by atoms with Crippen LogP contribution in [0.5, 0.6) is 0 Å². The van der Waals surface area contributed by atoms with Crippen LogP contribution in [0, 0.1) is 11.8 Å². The molecule has 402 valence electrons.